The maximum absolute atomic E-state index is 2.28. The van der Waals surface area contributed by atoms with Crippen molar-refractivity contribution in [1.82, 2.24) is 0 Å². The second-order valence-electron chi connectivity index (χ2n) is 6.24. The Kier molecular flexibility index (Phi) is 3.88. The van der Waals surface area contributed by atoms with E-state index in [1.165, 1.54) is 39.0 Å². The molecule has 0 nitrogen and oxygen atoms in total. The van der Waals surface area contributed by atoms with Crippen LogP contribution < -0.4 is 0 Å². The highest BCUT2D eigenvalue weighted by Gasteiger charge is 2.17. The van der Waals surface area contributed by atoms with Gasteiger partial charge in [-0.15, -0.1) is 0 Å². The standard InChI is InChI=1S/C24H20/c1-18-16-17-22(19-10-8-9-11-19)24(21-14-6-3-7-15-21)23(18)20-12-4-2-5-13-20/h2-10,12-17H,11H2,1H3. The summed E-state index contributed by atoms with van der Waals surface area (Å²) in [6.45, 7) is 2.21. The van der Waals surface area contributed by atoms with Gasteiger partial charge < -0.3 is 0 Å². The Morgan fingerprint density at radius 1 is 0.667 bits per heavy atom. The van der Waals surface area contributed by atoms with Crippen LogP contribution in [-0.4, -0.2) is 0 Å². The van der Waals surface area contributed by atoms with E-state index < -0.39 is 0 Å². The molecule has 3 aromatic carbocycles. The Morgan fingerprint density at radius 3 is 1.88 bits per heavy atom. The van der Waals surface area contributed by atoms with Crippen LogP contribution in [0.2, 0.25) is 0 Å². The van der Waals surface area contributed by atoms with Crippen LogP contribution in [0, 0.1) is 6.92 Å². The molecule has 24 heavy (non-hydrogen) atoms. The number of benzene rings is 3. The molecule has 1 aliphatic rings. The van der Waals surface area contributed by atoms with Crippen molar-refractivity contribution in [3.05, 3.63) is 102 Å². The largest absolute Gasteiger partial charge is 0.0801 e. The molecule has 116 valence electrons. The summed E-state index contributed by atoms with van der Waals surface area (Å²) >= 11 is 0. The lowest BCUT2D eigenvalue weighted by molar-refractivity contribution is 1.39. The average molecular weight is 308 g/mol. The Hall–Kier alpha value is -2.86. The third-order valence-electron chi connectivity index (χ3n) is 4.66. The Labute approximate surface area is 143 Å². The van der Waals surface area contributed by atoms with E-state index in [0.29, 0.717) is 0 Å². The summed E-state index contributed by atoms with van der Waals surface area (Å²) < 4.78 is 0. The van der Waals surface area contributed by atoms with Crippen molar-refractivity contribution in [2.24, 2.45) is 0 Å². The van der Waals surface area contributed by atoms with Gasteiger partial charge in [-0.2, -0.15) is 0 Å². The van der Waals surface area contributed by atoms with Crippen LogP contribution in [0.3, 0.4) is 0 Å². The summed E-state index contributed by atoms with van der Waals surface area (Å²) in [7, 11) is 0. The summed E-state index contributed by atoms with van der Waals surface area (Å²) in [5.74, 6) is 0. The number of allylic oxidation sites excluding steroid dienone is 4. The molecule has 0 unspecified atom stereocenters. The third kappa shape index (κ3) is 2.61. The van der Waals surface area contributed by atoms with Crippen molar-refractivity contribution in [2.75, 3.05) is 0 Å². The molecule has 0 fully saturated rings. The molecule has 3 aromatic rings. The lowest BCUT2D eigenvalue weighted by atomic mass is 9.85. The Bertz CT molecular complexity index is 913. The minimum atomic E-state index is 1.01. The number of hydrogen-bond acceptors (Lipinski definition) is 0. The molecule has 0 N–H and O–H groups in total. The van der Waals surface area contributed by atoms with Gasteiger partial charge in [-0.3, -0.25) is 0 Å². The molecule has 0 heterocycles. The zero-order valence-electron chi connectivity index (χ0n) is 13.9. The predicted molar refractivity (Wildman–Crippen MR) is 104 cm³/mol. The highest BCUT2D eigenvalue weighted by Crippen LogP contribution is 2.41. The molecule has 0 bridgehead atoms. The van der Waals surface area contributed by atoms with Crippen molar-refractivity contribution < 1.29 is 0 Å². The van der Waals surface area contributed by atoms with Crippen LogP contribution in [0.5, 0.6) is 0 Å². The molecule has 0 spiro atoms. The van der Waals surface area contributed by atoms with Crippen molar-refractivity contribution in [3.8, 4) is 22.3 Å². The monoisotopic (exact) mass is 308 g/mol. The second-order valence-corrected chi connectivity index (χ2v) is 6.24. The van der Waals surface area contributed by atoms with Gasteiger partial charge in [-0.25, -0.2) is 0 Å². The smallest absolute Gasteiger partial charge is 0.00273 e. The third-order valence-corrected chi connectivity index (χ3v) is 4.66. The summed E-state index contributed by atoms with van der Waals surface area (Å²) in [5, 5.41) is 0. The van der Waals surface area contributed by atoms with Crippen LogP contribution in [0.4, 0.5) is 0 Å². The van der Waals surface area contributed by atoms with Crippen LogP contribution in [0.15, 0.2) is 91.0 Å². The van der Waals surface area contributed by atoms with Gasteiger partial charge >= 0.3 is 0 Å². The van der Waals surface area contributed by atoms with Gasteiger partial charge in [-0.05, 0) is 52.3 Å². The molecule has 0 saturated heterocycles. The maximum Gasteiger partial charge on any atom is -0.00273 e. The van der Waals surface area contributed by atoms with Crippen molar-refractivity contribution >= 4 is 5.57 Å². The van der Waals surface area contributed by atoms with Gasteiger partial charge in [0.05, 0.1) is 0 Å². The van der Waals surface area contributed by atoms with Crippen LogP contribution in [-0.2, 0) is 0 Å². The van der Waals surface area contributed by atoms with E-state index >= 15 is 0 Å². The van der Waals surface area contributed by atoms with Crippen LogP contribution >= 0.6 is 0 Å². The minimum absolute atomic E-state index is 1.01. The fraction of sp³-hybridized carbons (Fsp3) is 0.0833. The van der Waals surface area contributed by atoms with E-state index in [1.54, 1.807) is 0 Å². The lowest BCUT2D eigenvalue weighted by Gasteiger charge is -2.19. The molecule has 0 aliphatic heterocycles. The second kappa shape index (κ2) is 6.33. The molecule has 4 rings (SSSR count). The summed E-state index contributed by atoms with van der Waals surface area (Å²) in [6, 6.07) is 26.0. The zero-order valence-corrected chi connectivity index (χ0v) is 13.9. The maximum atomic E-state index is 2.28. The molecule has 0 saturated carbocycles. The number of rotatable bonds is 3. The SMILES string of the molecule is Cc1ccc(C2=CC=CC2)c(-c2ccccc2)c1-c1ccccc1. The molecule has 0 radical (unpaired) electrons. The first kappa shape index (κ1) is 14.7. The first-order chi connectivity index (χ1) is 11.8. The van der Waals surface area contributed by atoms with Crippen LogP contribution in [0.25, 0.3) is 27.8 Å². The quantitative estimate of drug-likeness (QED) is 0.506. The fourth-order valence-corrected chi connectivity index (χ4v) is 3.50. The van der Waals surface area contributed by atoms with E-state index in [1.807, 2.05) is 0 Å². The number of hydrogen-bond donors (Lipinski definition) is 0. The van der Waals surface area contributed by atoms with E-state index in [-0.39, 0.29) is 0 Å². The highest BCUT2D eigenvalue weighted by molar-refractivity contribution is 5.94. The summed E-state index contributed by atoms with van der Waals surface area (Å²) in [6.07, 6.45) is 7.64. The van der Waals surface area contributed by atoms with Gasteiger partial charge in [0, 0.05) is 0 Å². The fourth-order valence-electron chi connectivity index (χ4n) is 3.50. The molecule has 0 heteroatoms. The molecular formula is C24H20. The molecule has 0 amide bonds. The van der Waals surface area contributed by atoms with Gasteiger partial charge in [-0.1, -0.05) is 91.0 Å². The highest BCUT2D eigenvalue weighted by atomic mass is 14.2. The first-order valence-electron chi connectivity index (χ1n) is 8.45. The van der Waals surface area contributed by atoms with Gasteiger partial charge in [0.25, 0.3) is 0 Å². The number of aryl methyl sites for hydroxylation is 1. The molecule has 0 atom stereocenters. The summed E-state index contributed by atoms with van der Waals surface area (Å²) in [4.78, 5) is 0. The predicted octanol–water partition coefficient (Wildman–Crippen LogP) is 6.67. The zero-order chi connectivity index (χ0) is 16.4. The van der Waals surface area contributed by atoms with E-state index in [0.717, 1.165) is 6.42 Å². The first-order valence-corrected chi connectivity index (χ1v) is 8.45. The van der Waals surface area contributed by atoms with E-state index in [2.05, 4.69) is 97.9 Å². The molecular weight excluding hydrogens is 288 g/mol. The average Bonchev–Trinajstić information content (AvgIpc) is 3.17. The topological polar surface area (TPSA) is 0 Å². The lowest BCUT2D eigenvalue weighted by Crippen LogP contribution is -1.95. The van der Waals surface area contributed by atoms with Gasteiger partial charge in [0.1, 0.15) is 0 Å². The van der Waals surface area contributed by atoms with Gasteiger partial charge in [0.15, 0.2) is 0 Å². The van der Waals surface area contributed by atoms with Crippen LogP contribution in [0.1, 0.15) is 17.5 Å². The Balaban J connectivity index is 2.04. The van der Waals surface area contributed by atoms with Gasteiger partial charge in [0.2, 0.25) is 0 Å². The van der Waals surface area contributed by atoms with Crippen molar-refractivity contribution in [3.63, 3.8) is 0 Å². The summed E-state index contributed by atoms with van der Waals surface area (Å²) in [5.41, 5.74) is 9.30. The normalized spacial score (nSPS) is 13.1. The van der Waals surface area contributed by atoms with E-state index in [9.17, 15) is 0 Å². The van der Waals surface area contributed by atoms with Crippen molar-refractivity contribution in [2.45, 2.75) is 13.3 Å². The molecule has 0 aromatic heterocycles. The Morgan fingerprint density at radius 2 is 1.29 bits per heavy atom. The minimum Gasteiger partial charge on any atom is -0.0801 e. The molecule has 1 aliphatic carbocycles. The van der Waals surface area contributed by atoms with E-state index in [4.69, 9.17) is 0 Å². The van der Waals surface area contributed by atoms with Crippen molar-refractivity contribution in [1.29, 1.82) is 0 Å².